The van der Waals surface area contributed by atoms with Gasteiger partial charge < -0.3 is 19.8 Å². The van der Waals surface area contributed by atoms with Crippen LogP contribution in [0, 0.1) is 0 Å². The van der Waals surface area contributed by atoms with Gasteiger partial charge in [-0.3, -0.25) is 4.79 Å². The van der Waals surface area contributed by atoms with Crippen LogP contribution >= 0.6 is 11.3 Å². The van der Waals surface area contributed by atoms with E-state index in [9.17, 15) is 4.79 Å². The Balaban J connectivity index is 1.46. The molecule has 0 saturated carbocycles. The number of carbonyl (C=O) groups excluding carboxylic acids is 1. The average Bonchev–Trinajstić information content (AvgIpc) is 3.41. The molecule has 0 saturated heterocycles. The lowest BCUT2D eigenvalue weighted by Gasteiger charge is -2.08. The molecule has 0 bridgehead atoms. The minimum Gasteiger partial charge on any atom is -0.495 e. The molecule has 0 aliphatic carbocycles. The van der Waals surface area contributed by atoms with Gasteiger partial charge in [0.25, 0.3) is 5.91 Å². The zero-order valence-electron chi connectivity index (χ0n) is 15.0. The van der Waals surface area contributed by atoms with E-state index in [0.29, 0.717) is 5.69 Å². The van der Waals surface area contributed by atoms with Crippen LogP contribution in [0.5, 0.6) is 5.75 Å². The summed E-state index contributed by atoms with van der Waals surface area (Å²) in [6.45, 7) is 0. The molecule has 6 nitrogen and oxygen atoms in total. The molecule has 2 heterocycles. The second-order valence-electron chi connectivity index (χ2n) is 5.87. The van der Waals surface area contributed by atoms with Crippen LogP contribution in [-0.2, 0) is 0 Å². The number of carbonyl (C=O) groups is 1. The highest BCUT2D eigenvalue weighted by atomic mass is 32.1. The van der Waals surface area contributed by atoms with Crippen LogP contribution in [0.2, 0.25) is 0 Å². The number of nitrogens with one attached hydrogen (secondary N) is 2. The number of ether oxygens (including phenoxy) is 1. The van der Waals surface area contributed by atoms with Crippen molar-refractivity contribution in [3.63, 3.8) is 0 Å². The molecule has 2 aromatic carbocycles. The molecule has 0 radical (unpaired) electrons. The number of hydrogen-bond donors (Lipinski definition) is 2. The summed E-state index contributed by atoms with van der Waals surface area (Å²) in [5, 5.41) is 8.83. The summed E-state index contributed by atoms with van der Waals surface area (Å²) in [4.78, 5) is 16.7. The molecule has 0 atom stereocenters. The molecule has 2 N–H and O–H groups in total. The van der Waals surface area contributed by atoms with E-state index in [0.717, 1.165) is 27.8 Å². The lowest BCUT2D eigenvalue weighted by Crippen LogP contribution is -2.10. The van der Waals surface area contributed by atoms with Crippen molar-refractivity contribution >= 4 is 33.8 Å². The predicted molar refractivity (Wildman–Crippen MR) is 110 cm³/mol. The van der Waals surface area contributed by atoms with Gasteiger partial charge in [-0.25, -0.2) is 4.98 Å². The molecular weight excluding hydrogens is 374 g/mol. The number of hydrogen-bond acceptors (Lipinski definition) is 6. The number of thiazole rings is 1. The minimum atomic E-state index is -0.283. The van der Waals surface area contributed by atoms with E-state index in [1.165, 1.54) is 17.6 Å². The van der Waals surface area contributed by atoms with Gasteiger partial charge in [0, 0.05) is 16.6 Å². The zero-order chi connectivity index (χ0) is 19.3. The number of benzene rings is 2. The molecule has 7 heteroatoms. The van der Waals surface area contributed by atoms with Crippen LogP contribution in [0.25, 0.3) is 11.3 Å². The fourth-order valence-electron chi connectivity index (χ4n) is 2.65. The number of nitrogens with zero attached hydrogens (tertiary/aromatic N) is 1. The molecule has 0 spiro atoms. The number of methoxy groups -OCH3 is 1. The van der Waals surface area contributed by atoms with Crippen LogP contribution in [0.15, 0.2) is 76.7 Å². The molecule has 28 heavy (non-hydrogen) atoms. The van der Waals surface area contributed by atoms with Crippen molar-refractivity contribution in [2.45, 2.75) is 0 Å². The van der Waals surface area contributed by atoms with E-state index in [-0.39, 0.29) is 11.7 Å². The standard InChI is InChI=1S/C21H17N3O3S/c1-26-18-6-3-2-5-16(18)23-21-24-17(13-28-21)14-8-10-15(11-9-14)22-20(25)19-7-4-12-27-19/h2-13H,1H3,(H,22,25)(H,23,24). The normalized spacial score (nSPS) is 10.5. The summed E-state index contributed by atoms with van der Waals surface area (Å²) in [6.07, 6.45) is 1.47. The van der Waals surface area contributed by atoms with Crippen LogP contribution < -0.4 is 15.4 Å². The van der Waals surface area contributed by atoms with E-state index < -0.39 is 0 Å². The van der Waals surface area contributed by atoms with Crippen molar-refractivity contribution in [1.82, 2.24) is 4.98 Å². The third kappa shape index (κ3) is 3.89. The molecule has 1 amide bonds. The first kappa shape index (κ1) is 17.8. The minimum absolute atomic E-state index is 0.274. The van der Waals surface area contributed by atoms with Gasteiger partial charge in [0.05, 0.1) is 24.8 Å². The lowest BCUT2D eigenvalue weighted by atomic mass is 10.1. The highest BCUT2D eigenvalue weighted by molar-refractivity contribution is 7.14. The lowest BCUT2D eigenvalue weighted by molar-refractivity contribution is 0.0996. The van der Waals surface area contributed by atoms with Gasteiger partial charge in [-0.05, 0) is 36.4 Å². The van der Waals surface area contributed by atoms with Crippen molar-refractivity contribution in [3.05, 3.63) is 78.1 Å². The predicted octanol–water partition coefficient (Wildman–Crippen LogP) is 5.41. The third-order valence-corrected chi connectivity index (χ3v) is 4.79. The van der Waals surface area contributed by atoms with Gasteiger partial charge in [-0.1, -0.05) is 24.3 Å². The average molecular weight is 391 g/mol. The van der Waals surface area contributed by atoms with E-state index in [2.05, 4.69) is 15.6 Å². The first-order chi connectivity index (χ1) is 13.7. The number of para-hydroxylation sites is 2. The Kier molecular flexibility index (Phi) is 5.07. The second kappa shape index (κ2) is 7.98. The fraction of sp³-hybridized carbons (Fsp3) is 0.0476. The first-order valence-electron chi connectivity index (χ1n) is 8.54. The number of anilines is 3. The largest absolute Gasteiger partial charge is 0.495 e. The quantitative estimate of drug-likeness (QED) is 0.460. The van der Waals surface area contributed by atoms with Gasteiger partial charge in [0.1, 0.15) is 5.75 Å². The Morgan fingerprint density at radius 3 is 2.64 bits per heavy atom. The molecule has 4 aromatic rings. The van der Waals surface area contributed by atoms with Gasteiger partial charge in [-0.2, -0.15) is 0 Å². The summed E-state index contributed by atoms with van der Waals surface area (Å²) >= 11 is 1.51. The Morgan fingerprint density at radius 2 is 1.89 bits per heavy atom. The van der Waals surface area contributed by atoms with Crippen LogP contribution in [0.1, 0.15) is 10.6 Å². The fourth-order valence-corrected chi connectivity index (χ4v) is 3.38. The van der Waals surface area contributed by atoms with Gasteiger partial charge in [0.15, 0.2) is 10.9 Å². The molecule has 0 aliphatic rings. The van der Waals surface area contributed by atoms with E-state index in [1.54, 1.807) is 19.2 Å². The van der Waals surface area contributed by atoms with Crippen molar-refractivity contribution in [2.24, 2.45) is 0 Å². The maximum absolute atomic E-state index is 12.0. The monoisotopic (exact) mass is 391 g/mol. The van der Waals surface area contributed by atoms with E-state index >= 15 is 0 Å². The Labute approximate surface area is 165 Å². The zero-order valence-corrected chi connectivity index (χ0v) is 15.8. The molecular formula is C21H17N3O3S. The number of rotatable bonds is 6. The maximum atomic E-state index is 12.0. The Hall–Kier alpha value is -3.58. The van der Waals surface area contributed by atoms with Crippen LogP contribution in [-0.4, -0.2) is 18.0 Å². The van der Waals surface area contributed by atoms with Gasteiger partial charge in [0.2, 0.25) is 0 Å². The summed E-state index contributed by atoms with van der Waals surface area (Å²) in [5.41, 5.74) is 3.36. The highest BCUT2D eigenvalue weighted by Crippen LogP contribution is 2.31. The topological polar surface area (TPSA) is 76.4 Å². The molecule has 0 fully saturated rings. The number of furan rings is 1. The summed E-state index contributed by atoms with van der Waals surface area (Å²) in [7, 11) is 1.64. The van der Waals surface area contributed by atoms with Crippen molar-refractivity contribution in [3.8, 4) is 17.0 Å². The highest BCUT2D eigenvalue weighted by Gasteiger charge is 2.10. The second-order valence-corrected chi connectivity index (χ2v) is 6.73. The molecule has 0 unspecified atom stereocenters. The number of aromatic nitrogens is 1. The molecule has 0 aliphatic heterocycles. The molecule has 2 aromatic heterocycles. The Bertz CT molecular complexity index is 1070. The number of amides is 1. The van der Waals surface area contributed by atoms with Crippen LogP contribution in [0.3, 0.4) is 0 Å². The smallest absolute Gasteiger partial charge is 0.291 e. The van der Waals surface area contributed by atoms with Gasteiger partial charge >= 0.3 is 0 Å². The molecule has 140 valence electrons. The first-order valence-corrected chi connectivity index (χ1v) is 9.42. The van der Waals surface area contributed by atoms with Crippen LogP contribution in [0.4, 0.5) is 16.5 Å². The SMILES string of the molecule is COc1ccccc1Nc1nc(-c2ccc(NC(=O)c3ccco3)cc2)cs1. The van der Waals surface area contributed by atoms with Gasteiger partial charge in [-0.15, -0.1) is 11.3 Å². The maximum Gasteiger partial charge on any atom is 0.291 e. The molecule has 4 rings (SSSR count). The van der Waals surface area contributed by atoms with E-state index in [4.69, 9.17) is 9.15 Å². The summed E-state index contributed by atoms with van der Waals surface area (Å²) < 4.78 is 10.4. The summed E-state index contributed by atoms with van der Waals surface area (Å²) in [6, 6.07) is 18.5. The van der Waals surface area contributed by atoms with Crippen molar-refractivity contribution in [2.75, 3.05) is 17.7 Å². The Morgan fingerprint density at radius 1 is 1.07 bits per heavy atom. The summed E-state index contributed by atoms with van der Waals surface area (Å²) in [5.74, 6) is 0.751. The van der Waals surface area contributed by atoms with Crippen molar-refractivity contribution in [1.29, 1.82) is 0 Å². The van der Waals surface area contributed by atoms with E-state index in [1.807, 2.05) is 53.9 Å². The third-order valence-electron chi connectivity index (χ3n) is 4.04. The van der Waals surface area contributed by atoms with Crippen molar-refractivity contribution < 1.29 is 13.9 Å².